The van der Waals surface area contributed by atoms with Gasteiger partial charge in [0.25, 0.3) is 0 Å². The molecule has 0 aliphatic heterocycles. The second-order valence-corrected chi connectivity index (χ2v) is 13.7. The molecule has 3 aromatic carbocycles. The van der Waals surface area contributed by atoms with Gasteiger partial charge in [-0.05, 0) is 67.1 Å². The first-order valence-corrected chi connectivity index (χ1v) is 16.6. The standard InChI is InChI=1S/C32H38BrN3O4S/c1-23-13-14-24(2)29(19-23)36(41(3,39)40)22-31(37)35(21-26-15-17-27(33)18-16-26)30(20-25-9-5-4-6-10-25)32(38)34-28-11-7-8-12-28/h4-6,9-10,13-19,28,30H,7-8,11-12,20-22H2,1-3H3,(H,34,38). The van der Waals surface area contributed by atoms with Gasteiger partial charge in [0.15, 0.2) is 0 Å². The van der Waals surface area contributed by atoms with E-state index in [2.05, 4.69) is 21.2 Å². The zero-order valence-corrected chi connectivity index (χ0v) is 26.2. The number of sulfonamides is 1. The Morgan fingerprint density at radius 1 is 0.951 bits per heavy atom. The third-order valence-corrected chi connectivity index (χ3v) is 9.21. The molecule has 7 nitrogen and oxygen atoms in total. The summed E-state index contributed by atoms with van der Waals surface area (Å²) in [5, 5.41) is 3.19. The molecule has 1 N–H and O–H groups in total. The van der Waals surface area contributed by atoms with Crippen molar-refractivity contribution in [3.8, 4) is 0 Å². The van der Waals surface area contributed by atoms with Crippen LogP contribution in [0.2, 0.25) is 0 Å². The van der Waals surface area contributed by atoms with E-state index in [1.807, 2.05) is 80.6 Å². The molecule has 0 bridgehead atoms. The molecular formula is C32H38BrN3O4S. The Balaban J connectivity index is 1.74. The van der Waals surface area contributed by atoms with Gasteiger partial charge < -0.3 is 10.2 Å². The van der Waals surface area contributed by atoms with Gasteiger partial charge >= 0.3 is 0 Å². The quantitative estimate of drug-likeness (QED) is 0.299. The van der Waals surface area contributed by atoms with E-state index < -0.39 is 28.5 Å². The zero-order valence-electron chi connectivity index (χ0n) is 23.8. The Bertz CT molecular complexity index is 1460. The fourth-order valence-corrected chi connectivity index (χ4v) is 6.45. The summed E-state index contributed by atoms with van der Waals surface area (Å²) in [5.41, 5.74) is 3.84. The number of rotatable bonds is 11. The number of nitrogens with one attached hydrogen (secondary N) is 1. The van der Waals surface area contributed by atoms with E-state index in [1.165, 1.54) is 0 Å². The van der Waals surface area contributed by atoms with Crippen molar-refractivity contribution < 1.29 is 18.0 Å². The molecule has 218 valence electrons. The minimum atomic E-state index is -3.81. The van der Waals surface area contributed by atoms with Gasteiger partial charge in [0.2, 0.25) is 21.8 Å². The van der Waals surface area contributed by atoms with Crippen molar-refractivity contribution in [2.45, 2.75) is 64.6 Å². The van der Waals surface area contributed by atoms with Gasteiger partial charge in [0, 0.05) is 23.5 Å². The highest BCUT2D eigenvalue weighted by Gasteiger charge is 2.34. The average molecular weight is 641 g/mol. The van der Waals surface area contributed by atoms with Crippen LogP contribution in [0, 0.1) is 13.8 Å². The van der Waals surface area contributed by atoms with E-state index in [-0.39, 0.29) is 18.5 Å². The summed E-state index contributed by atoms with van der Waals surface area (Å²) in [6.45, 7) is 3.45. The van der Waals surface area contributed by atoms with E-state index in [4.69, 9.17) is 0 Å². The maximum atomic E-state index is 14.2. The zero-order chi connectivity index (χ0) is 29.6. The summed E-state index contributed by atoms with van der Waals surface area (Å²) in [7, 11) is -3.81. The van der Waals surface area contributed by atoms with Crippen LogP contribution in [-0.2, 0) is 32.6 Å². The number of hydrogen-bond acceptors (Lipinski definition) is 4. The summed E-state index contributed by atoms with van der Waals surface area (Å²) in [6, 6.07) is 22.0. The number of carbonyl (C=O) groups excluding carboxylic acids is 2. The highest BCUT2D eigenvalue weighted by molar-refractivity contribution is 9.10. The number of aryl methyl sites for hydroxylation is 2. The molecular weight excluding hydrogens is 602 g/mol. The van der Waals surface area contributed by atoms with Crippen molar-refractivity contribution >= 4 is 43.5 Å². The van der Waals surface area contributed by atoms with Crippen molar-refractivity contribution in [2.24, 2.45) is 0 Å². The third-order valence-electron chi connectivity index (χ3n) is 7.55. The van der Waals surface area contributed by atoms with Crippen molar-refractivity contribution in [2.75, 3.05) is 17.1 Å². The summed E-state index contributed by atoms with van der Waals surface area (Å²) < 4.78 is 28.1. The molecule has 0 saturated heterocycles. The van der Waals surface area contributed by atoms with Gasteiger partial charge in [-0.1, -0.05) is 83.4 Å². The monoisotopic (exact) mass is 639 g/mol. The summed E-state index contributed by atoms with van der Waals surface area (Å²) in [4.78, 5) is 29.7. The number of carbonyl (C=O) groups is 2. The van der Waals surface area contributed by atoms with Crippen LogP contribution >= 0.6 is 15.9 Å². The smallest absolute Gasteiger partial charge is 0.244 e. The van der Waals surface area contributed by atoms with Gasteiger partial charge in [0.05, 0.1) is 11.9 Å². The predicted molar refractivity (Wildman–Crippen MR) is 167 cm³/mol. The molecule has 1 fully saturated rings. The molecule has 1 unspecified atom stereocenters. The molecule has 2 amide bonds. The highest BCUT2D eigenvalue weighted by atomic mass is 79.9. The van der Waals surface area contributed by atoms with Gasteiger partial charge in [-0.2, -0.15) is 0 Å². The third kappa shape index (κ3) is 8.42. The first-order chi connectivity index (χ1) is 19.5. The lowest BCUT2D eigenvalue weighted by Gasteiger charge is -2.34. The molecule has 1 saturated carbocycles. The molecule has 1 atom stereocenters. The van der Waals surface area contributed by atoms with Crippen LogP contribution < -0.4 is 9.62 Å². The summed E-state index contributed by atoms with van der Waals surface area (Å²) in [5.74, 6) is -0.661. The minimum Gasteiger partial charge on any atom is -0.352 e. The van der Waals surface area contributed by atoms with E-state index in [9.17, 15) is 18.0 Å². The highest BCUT2D eigenvalue weighted by Crippen LogP contribution is 2.26. The average Bonchev–Trinajstić information content (AvgIpc) is 3.44. The van der Waals surface area contributed by atoms with E-state index in [0.29, 0.717) is 12.1 Å². The Morgan fingerprint density at radius 2 is 1.61 bits per heavy atom. The lowest BCUT2D eigenvalue weighted by Crippen LogP contribution is -2.54. The molecule has 1 aliphatic rings. The van der Waals surface area contributed by atoms with E-state index >= 15 is 0 Å². The van der Waals surface area contributed by atoms with Crippen LogP contribution in [0.4, 0.5) is 5.69 Å². The first kappa shape index (κ1) is 30.8. The largest absolute Gasteiger partial charge is 0.352 e. The number of benzene rings is 3. The van der Waals surface area contributed by atoms with Crippen LogP contribution in [0.5, 0.6) is 0 Å². The summed E-state index contributed by atoms with van der Waals surface area (Å²) in [6.07, 6.45) is 5.38. The molecule has 4 rings (SSSR count). The first-order valence-electron chi connectivity index (χ1n) is 13.9. The molecule has 3 aromatic rings. The maximum absolute atomic E-state index is 14.2. The fraction of sp³-hybridized carbons (Fsp3) is 0.375. The summed E-state index contributed by atoms with van der Waals surface area (Å²) >= 11 is 3.46. The van der Waals surface area contributed by atoms with Crippen LogP contribution in [-0.4, -0.2) is 50.0 Å². The lowest BCUT2D eigenvalue weighted by molar-refractivity contribution is -0.140. The molecule has 0 radical (unpaired) electrons. The van der Waals surface area contributed by atoms with Crippen molar-refractivity contribution in [3.05, 3.63) is 99.5 Å². The van der Waals surface area contributed by atoms with Crippen LogP contribution in [0.15, 0.2) is 77.3 Å². The molecule has 1 aliphatic carbocycles. The minimum absolute atomic E-state index is 0.0767. The molecule has 41 heavy (non-hydrogen) atoms. The molecule has 9 heteroatoms. The molecule has 0 heterocycles. The van der Waals surface area contributed by atoms with Crippen LogP contribution in [0.25, 0.3) is 0 Å². The Morgan fingerprint density at radius 3 is 2.24 bits per heavy atom. The number of halogens is 1. The van der Waals surface area contributed by atoms with E-state index in [1.54, 1.807) is 11.0 Å². The van der Waals surface area contributed by atoms with Gasteiger partial charge in [-0.3, -0.25) is 13.9 Å². The van der Waals surface area contributed by atoms with Crippen molar-refractivity contribution in [3.63, 3.8) is 0 Å². The van der Waals surface area contributed by atoms with Crippen LogP contribution in [0.3, 0.4) is 0 Å². The lowest BCUT2D eigenvalue weighted by atomic mass is 10.0. The SMILES string of the molecule is Cc1ccc(C)c(N(CC(=O)N(Cc2ccc(Br)cc2)C(Cc2ccccc2)C(=O)NC2CCCC2)S(C)(=O)=O)c1. The van der Waals surface area contributed by atoms with Gasteiger partial charge in [0.1, 0.15) is 12.6 Å². The Labute approximate surface area is 252 Å². The van der Waals surface area contributed by atoms with Crippen molar-refractivity contribution in [1.82, 2.24) is 10.2 Å². The normalized spacial score (nSPS) is 14.4. The van der Waals surface area contributed by atoms with Crippen molar-refractivity contribution in [1.29, 1.82) is 0 Å². The van der Waals surface area contributed by atoms with Gasteiger partial charge in [-0.15, -0.1) is 0 Å². The molecule has 0 aromatic heterocycles. The Kier molecular flexibility index (Phi) is 10.3. The fourth-order valence-electron chi connectivity index (χ4n) is 5.29. The van der Waals surface area contributed by atoms with Crippen LogP contribution in [0.1, 0.15) is 47.9 Å². The maximum Gasteiger partial charge on any atom is 0.244 e. The molecule has 0 spiro atoms. The number of nitrogens with zero attached hydrogens (tertiary/aromatic N) is 2. The topological polar surface area (TPSA) is 86.8 Å². The van der Waals surface area contributed by atoms with E-state index in [0.717, 1.165) is 63.0 Å². The second-order valence-electron chi connectivity index (χ2n) is 10.9. The number of anilines is 1. The second kappa shape index (κ2) is 13.7. The number of amides is 2. The predicted octanol–water partition coefficient (Wildman–Crippen LogP) is 5.53. The Hall–Kier alpha value is -3.17. The number of hydrogen-bond donors (Lipinski definition) is 1. The van der Waals surface area contributed by atoms with Gasteiger partial charge in [-0.25, -0.2) is 8.42 Å².